The van der Waals surface area contributed by atoms with Crippen LogP contribution in [0.1, 0.15) is 19.0 Å². The molecule has 0 spiro atoms. The molecule has 0 radical (unpaired) electrons. The van der Waals surface area contributed by atoms with Crippen LogP contribution in [0.2, 0.25) is 10.2 Å². The lowest BCUT2D eigenvalue weighted by molar-refractivity contribution is -0.121. The minimum atomic E-state index is -0.0262. The highest BCUT2D eigenvalue weighted by atomic mass is 35.5. The molecule has 0 aliphatic carbocycles. The second-order valence-corrected chi connectivity index (χ2v) is 7.38. The lowest BCUT2D eigenvalue weighted by Gasteiger charge is -2.29. The molecule has 7 nitrogen and oxygen atoms in total. The van der Waals surface area contributed by atoms with Crippen LogP contribution >= 0.6 is 23.2 Å². The highest BCUT2D eigenvalue weighted by Crippen LogP contribution is 2.31. The maximum atomic E-state index is 12.2. The van der Waals surface area contributed by atoms with Crippen molar-refractivity contribution in [2.45, 2.75) is 19.9 Å². The Balaban J connectivity index is 1.54. The highest BCUT2D eigenvalue weighted by molar-refractivity contribution is 6.41. The monoisotopic (exact) mass is 437 g/mol. The number of nitrogens with one attached hydrogen (secondary N) is 2. The lowest BCUT2D eigenvalue weighted by Crippen LogP contribution is -2.42. The number of ether oxygens (including phenoxy) is 1. The Morgan fingerprint density at radius 2 is 2.07 bits per heavy atom. The molecule has 2 heterocycles. The van der Waals surface area contributed by atoms with Crippen LogP contribution < -0.4 is 20.3 Å². The summed E-state index contributed by atoms with van der Waals surface area (Å²) in [5.41, 5.74) is 1.74. The number of fused-ring (bicyclic) bond motifs is 1. The van der Waals surface area contributed by atoms with Crippen LogP contribution in [0.4, 0.5) is 5.69 Å². The number of guanidine groups is 1. The van der Waals surface area contributed by atoms with E-state index < -0.39 is 0 Å². The molecule has 1 aliphatic heterocycles. The number of anilines is 1. The third-order valence-corrected chi connectivity index (χ3v) is 5.46. The molecule has 0 unspecified atom stereocenters. The van der Waals surface area contributed by atoms with Gasteiger partial charge in [-0.05, 0) is 31.5 Å². The predicted molar refractivity (Wildman–Crippen MR) is 117 cm³/mol. The summed E-state index contributed by atoms with van der Waals surface area (Å²) in [6.45, 7) is 4.57. The fraction of sp³-hybridized carbons (Fsp3) is 0.400. The number of hydrogen-bond acceptors (Lipinski definition) is 3. The van der Waals surface area contributed by atoms with Gasteiger partial charge in [0, 0.05) is 32.4 Å². The summed E-state index contributed by atoms with van der Waals surface area (Å²) in [5.74, 6) is 1.42. The van der Waals surface area contributed by atoms with Gasteiger partial charge in [0.25, 0.3) is 5.91 Å². The first kappa shape index (κ1) is 21.3. The Kier molecular flexibility index (Phi) is 7.28. The molecule has 0 saturated heterocycles. The summed E-state index contributed by atoms with van der Waals surface area (Å²) in [6, 6.07) is 9.41. The van der Waals surface area contributed by atoms with Crippen LogP contribution in [0.3, 0.4) is 0 Å². The van der Waals surface area contributed by atoms with Gasteiger partial charge < -0.3 is 24.8 Å². The van der Waals surface area contributed by atoms with E-state index in [2.05, 4.69) is 15.6 Å². The van der Waals surface area contributed by atoms with E-state index in [-0.39, 0.29) is 12.5 Å². The summed E-state index contributed by atoms with van der Waals surface area (Å²) in [5, 5.41) is 7.55. The summed E-state index contributed by atoms with van der Waals surface area (Å²) in [6.07, 6.45) is 0.770. The van der Waals surface area contributed by atoms with E-state index in [0.29, 0.717) is 35.8 Å². The Hall–Kier alpha value is -2.38. The molecule has 0 fully saturated rings. The molecule has 1 aromatic heterocycles. The first-order chi connectivity index (χ1) is 14.0. The van der Waals surface area contributed by atoms with E-state index >= 15 is 0 Å². The topological polar surface area (TPSA) is 70.9 Å². The Morgan fingerprint density at radius 1 is 1.28 bits per heavy atom. The number of amides is 1. The molecule has 3 rings (SSSR count). The molecule has 0 saturated carbocycles. The summed E-state index contributed by atoms with van der Waals surface area (Å²) >= 11 is 12.2. The van der Waals surface area contributed by atoms with Crippen molar-refractivity contribution >= 4 is 40.8 Å². The average molecular weight is 438 g/mol. The number of hydrogen-bond donors (Lipinski definition) is 2. The van der Waals surface area contributed by atoms with Gasteiger partial charge in [-0.3, -0.25) is 4.79 Å². The Bertz CT molecular complexity index is 897. The van der Waals surface area contributed by atoms with Gasteiger partial charge in [0.05, 0.1) is 17.3 Å². The number of benzene rings is 1. The minimum absolute atomic E-state index is 0.0262. The molecule has 29 heavy (non-hydrogen) atoms. The van der Waals surface area contributed by atoms with Crippen molar-refractivity contribution < 1.29 is 9.53 Å². The molecule has 9 heteroatoms. The van der Waals surface area contributed by atoms with E-state index in [9.17, 15) is 4.79 Å². The number of aliphatic imine (C=N–C) groups is 1. The third kappa shape index (κ3) is 5.16. The van der Waals surface area contributed by atoms with Crippen LogP contribution in [-0.4, -0.2) is 42.7 Å². The van der Waals surface area contributed by atoms with Crippen molar-refractivity contribution in [3.8, 4) is 5.75 Å². The second-order valence-electron chi connectivity index (χ2n) is 6.61. The standard InChI is InChI=1S/C20H25Cl2N5O2/c1-3-23-20(25-12-14-11-15(21)19(22)26(14)2)24-9-6-10-27-16-7-4-5-8-17(16)29-13-18(27)28/h4-5,7-8,11H,3,6,9-10,12-13H2,1-2H3,(H2,23,24,25). The summed E-state index contributed by atoms with van der Waals surface area (Å²) < 4.78 is 7.30. The maximum Gasteiger partial charge on any atom is 0.265 e. The van der Waals surface area contributed by atoms with Crippen LogP contribution in [-0.2, 0) is 18.4 Å². The molecule has 156 valence electrons. The summed E-state index contributed by atoms with van der Waals surface area (Å²) in [4.78, 5) is 18.6. The zero-order valence-corrected chi connectivity index (χ0v) is 18.1. The van der Waals surface area contributed by atoms with Crippen molar-refractivity contribution in [3.63, 3.8) is 0 Å². The van der Waals surface area contributed by atoms with Gasteiger partial charge in [-0.1, -0.05) is 35.3 Å². The largest absolute Gasteiger partial charge is 0.482 e. The van der Waals surface area contributed by atoms with E-state index in [1.165, 1.54) is 0 Å². The van der Waals surface area contributed by atoms with Crippen molar-refractivity contribution in [2.24, 2.45) is 12.0 Å². The number of carbonyl (C=O) groups is 1. The summed E-state index contributed by atoms with van der Waals surface area (Å²) in [7, 11) is 1.86. The van der Waals surface area contributed by atoms with Gasteiger partial charge in [-0.25, -0.2) is 4.99 Å². The molecular weight excluding hydrogens is 413 g/mol. The van der Waals surface area contributed by atoms with Gasteiger partial charge in [-0.15, -0.1) is 0 Å². The van der Waals surface area contributed by atoms with E-state index in [1.807, 2.05) is 48.9 Å². The second kappa shape index (κ2) is 9.89. The van der Waals surface area contributed by atoms with E-state index in [0.717, 1.165) is 30.1 Å². The SMILES string of the molecule is CCNC(=NCc1cc(Cl)c(Cl)n1C)NCCCN1C(=O)COc2ccccc21. The first-order valence-electron chi connectivity index (χ1n) is 9.55. The molecule has 1 aromatic carbocycles. The van der Waals surface area contributed by atoms with E-state index in [4.69, 9.17) is 27.9 Å². The normalized spacial score (nSPS) is 13.9. The molecule has 2 aromatic rings. The zero-order chi connectivity index (χ0) is 20.8. The molecule has 1 amide bonds. The molecule has 0 atom stereocenters. The highest BCUT2D eigenvalue weighted by Gasteiger charge is 2.24. The number of carbonyl (C=O) groups excluding carboxylic acids is 1. The van der Waals surface area contributed by atoms with Gasteiger partial charge in [-0.2, -0.15) is 0 Å². The molecule has 0 bridgehead atoms. The van der Waals surface area contributed by atoms with Crippen LogP contribution in [0.25, 0.3) is 0 Å². The predicted octanol–water partition coefficient (Wildman–Crippen LogP) is 3.20. The number of para-hydroxylation sites is 2. The van der Waals surface area contributed by atoms with Crippen molar-refractivity contribution in [1.29, 1.82) is 0 Å². The zero-order valence-electron chi connectivity index (χ0n) is 16.5. The Morgan fingerprint density at radius 3 is 2.79 bits per heavy atom. The molecule has 2 N–H and O–H groups in total. The van der Waals surface area contributed by atoms with Crippen LogP contribution in [0.5, 0.6) is 5.75 Å². The third-order valence-electron chi connectivity index (χ3n) is 4.62. The molecule has 1 aliphatic rings. The van der Waals surface area contributed by atoms with Crippen LogP contribution in [0, 0.1) is 0 Å². The number of aromatic nitrogens is 1. The molecular formula is C20H25Cl2N5O2. The fourth-order valence-electron chi connectivity index (χ4n) is 3.09. The minimum Gasteiger partial charge on any atom is -0.482 e. The van der Waals surface area contributed by atoms with Crippen LogP contribution in [0.15, 0.2) is 35.3 Å². The maximum absolute atomic E-state index is 12.2. The van der Waals surface area contributed by atoms with E-state index in [1.54, 1.807) is 4.90 Å². The first-order valence-corrected chi connectivity index (χ1v) is 10.3. The van der Waals surface area contributed by atoms with Crippen molar-refractivity contribution in [3.05, 3.63) is 46.2 Å². The number of halogens is 2. The lowest BCUT2D eigenvalue weighted by atomic mass is 10.2. The fourth-order valence-corrected chi connectivity index (χ4v) is 3.50. The van der Waals surface area contributed by atoms with Gasteiger partial charge in [0.15, 0.2) is 12.6 Å². The van der Waals surface area contributed by atoms with Gasteiger partial charge in [0.2, 0.25) is 0 Å². The number of rotatable bonds is 7. The van der Waals surface area contributed by atoms with Crippen molar-refractivity contribution in [1.82, 2.24) is 15.2 Å². The smallest absolute Gasteiger partial charge is 0.265 e. The quantitative estimate of drug-likeness (QED) is 0.396. The van der Waals surface area contributed by atoms with Gasteiger partial charge >= 0.3 is 0 Å². The Labute approximate surface area is 180 Å². The number of nitrogens with zero attached hydrogens (tertiary/aromatic N) is 3. The van der Waals surface area contributed by atoms with Crippen molar-refractivity contribution in [2.75, 3.05) is 31.1 Å². The van der Waals surface area contributed by atoms with Gasteiger partial charge in [0.1, 0.15) is 10.9 Å². The average Bonchev–Trinajstić information content (AvgIpc) is 2.97.